The Hall–Kier alpha value is -1.59. The van der Waals surface area contributed by atoms with Gasteiger partial charge in [0.05, 0.1) is 0 Å². The van der Waals surface area contributed by atoms with Gasteiger partial charge in [-0.1, -0.05) is 20.3 Å². The second-order valence-electron chi connectivity index (χ2n) is 6.02. The Bertz CT molecular complexity index is 444. The van der Waals surface area contributed by atoms with Crippen molar-refractivity contribution in [3.05, 3.63) is 0 Å². The summed E-state index contributed by atoms with van der Waals surface area (Å²) < 4.78 is 0. The fraction of sp³-hybridized carbons (Fsp3) is 0.800. The molecule has 1 aromatic rings. The van der Waals surface area contributed by atoms with Crippen LogP contribution >= 0.6 is 0 Å². The highest BCUT2D eigenvalue weighted by Crippen LogP contribution is 2.19. The molecule has 6 heteroatoms. The summed E-state index contributed by atoms with van der Waals surface area (Å²) in [5.74, 6) is 2.79. The predicted octanol–water partition coefficient (Wildman–Crippen LogP) is 2.75. The van der Waals surface area contributed by atoms with E-state index in [-0.39, 0.29) is 0 Å². The zero-order chi connectivity index (χ0) is 15.2. The second kappa shape index (κ2) is 7.43. The molecule has 2 atom stereocenters. The van der Waals surface area contributed by atoms with Crippen LogP contribution in [-0.2, 0) is 0 Å². The first-order valence-electron chi connectivity index (χ1n) is 8.07. The Balaban J connectivity index is 2.08. The fourth-order valence-electron chi connectivity index (χ4n) is 2.65. The average molecular weight is 292 g/mol. The lowest BCUT2D eigenvalue weighted by molar-refractivity contribution is 0.482. The number of hydrogen-bond donors (Lipinski definition) is 2. The molecule has 0 aliphatic carbocycles. The third-order valence-corrected chi connectivity index (χ3v) is 4.06. The Kier molecular flexibility index (Phi) is 5.59. The number of nitrogens with zero attached hydrogens (tertiary/aromatic N) is 4. The highest BCUT2D eigenvalue weighted by Gasteiger charge is 2.18. The summed E-state index contributed by atoms with van der Waals surface area (Å²) in [6.07, 6.45) is 4.75. The van der Waals surface area contributed by atoms with E-state index in [9.17, 15) is 0 Å². The van der Waals surface area contributed by atoms with Gasteiger partial charge >= 0.3 is 0 Å². The summed E-state index contributed by atoms with van der Waals surface area (Å²) in [5, 5.41) is 6.44. The minimum absolute atomic E-state index is 0.360. The van der Waals surface area contributed by atoms with Crippen molar-refractivity contribution in [2.24, 2.45) is 5.92 Å². The largest absolute Gasteiger partial charge is 0.357 e. The van der Waals surface area contributed by atoms with Crippen molar-refractivity contribution in [3.8, 4) is 0 Å². The van der Waals surface area contributed by atoms with Crippen LogP contribution in [0.3, 0.4) is 0 Å². The molecular formula is C15H28N6. The van der Waals surface area contributed by atoms with E-state index in [0.717, 1.165) is 25.5 Å². The van der Waals surface area contributed by atoms with Gasteiger partial charge in [0.2, 0.25) is 17.8 Å². The van der Waals surface area contributed by atoms with Crippen molar-refractivity contribution >= 4 is 17.8 Å². The van der Waals surface area contributed by atoms with Crippen LogP contribution < -0.4 is 15.5 Å². The molecule has 1 aromatic heterocycles. The van der Waals surface area contributed by atoms with E-state index in [1.54, 1.807) is 0 Å². The summed E-state index contributed by atoms with van der Waals surface area (Å²) in [5.41, 5.74) is 0. The molecule has 6 nitrogen and oxygen atoms in total. The van der Waals surface area contributed by atoms with E-state index in [0.29, 0.717) is 23.9 Å². The Morgan fingerprint density at radius 3 is 2.38 bits per heavy atom. The number of rotatable bonds is 7. The molecule has 0 aromatic carbocycles. The summed E-state index contributed by atoms with van der Waals surface area (Å²) >= 11 is 0. The van der Waals surface area contributed by atoms with E-state index < -0.39 is 0 Å². The number of aromatic nitrogens is 3. The molecule has 0 amide bonds. The number of hydrogen-bond acceptors (Lipinski definition) is 6. The minimum atomic E-state index is 0.360. The lowest BCUT2D eigenvalue weighted by Crippen LogP contribution is -2.24. The SMILES string of the molecule is CCC(C)CC(C)Nc1nc(NC)nc(N2CCCC2)n1. The maximum Gasteiger partial charge on any atom is 0.231 e. The van der Waals surface area contributed by atoms with Crippen molar-refractivity contribution in [2.45, 2.75) is 52.5 Å². The first-order valence-corrected chi connectivity index (χ1v) is 8.07. The van der Waals surface area contributed by atoms with Crippen LogP contribution in [0.2, 0.25) is 0 Å². The van der Waals surface area contributed by atoms with E-state index in [4.69, 9.17) is 0 Å². The van der Waals surface area contributed by atoms with Gasteiger partial charge in [-0.25, -0.2) is 0 Å². The number of anilines is 3. The predicted molar refractivity (Wildman–Crippen MR) is 88.0 cm³/mol. The van der Waals surface area contributed by atoms with E-state index in [1.807, 2.05) is 7.05 Å². The standard InChI is InChI=1S/C15H28N6/c1-5-11(2)10-12(3)17-14-18-13(16-4)19-15(20-14)21-8-6-7-9-21/h11-12H,5-10H2,1-4H3,(H2,16,17,18,19,20). The van der Waals surface area contributed by atoms with Gasteiger partial charge in [0.25, 0.3) is 0 Å². The topological polar surface area (TPSA) is 66.0 Å². The molecule has 1 saturated heterocycles. The summed E-state index contributed by atoms with van der Waals surface area (Å²) in [7, 11) is 1.84. The third-order valence-electron chi connectivity index (χ3n) is 4.06. The average Bonchev–Trinajstić information content (AvgIpc) is 3.00. The zero-order valence-corrected chi connectivity index (χ0v) is 13.7. The fourth-order valence-corrected chi connectivity index (χ4v) is 2.65. The van der Waals surface area contributed by atoms with Gasteiger partial charge in [-0.05, 0) is 32.1 Å². The first kappa shape index (κ1) is 15.8. The molecule has 0 saturated carbocycles. The van der Waals surface area contributed by atoms with Crippen LogP contribution in [0.1, 0.15) is 46.5 Å². The van der Waals surface area contributed by atoms with Crippen LogP contribution in [-0.4, -0.2) is 41.1 Å². The van der Waals surface area contributed by atoms with Gasteiger partial charge in [0.15, 0.2) is 0 Å². The molecule has 118 valence electrons. The van der Waals surface area contributed by atoms with Gasteiger partial charge in [0, 0.05) is 26.2 Å². The lowest BCUT2D eigenvalue weighted by Gasteiger charge is -2.20. The van der Waals surface area contributed by atoms with Crippen LogP contribution in [0.5, 0.6) is 0 Å². The van der Waals surface area contributed by atoms with E-state index in [2.05, 4.69) is 51.3 Å². The van der Waals surface area contributed by atoms with Gasteiger partial charge in [-0.3, -0.25) is 0 Å². The van der Waals surface area contributed by atoms with Gasteiger partial charge in [0.1, 0.15) is 0 Å². The van der Waals surface area contributed by atoms with Gasteiger partial charge in [-0.15, -0.1) is 0 Å². The van der Waals surface area contributed by atoms with Crippen molar-refractivity contribution in [3.63, 3.8) is 0 Å². The molecular weight excluding hydrogens is 264 g/mol. The Morgan fingerprint density at radius 2 is 1.76 bits per heavy atom. The summed E-state index contributed by atoms with van der Waals surface area (Å²) in [4.78, 5) is 15.7. The van der Waals surface area contributed by atoms with Crippen molar-refractivity contribution < 1.29 is 0 Å². The molecule has 0 radical (unpaired) electrons. The monoisotopic (exact) mass is 292 g/mol. The smallest absolute Gasteiger partial charge is 0.231 e. The van der Waals surface area contributed by atoms with Gasteiger partial charge < -0.3 is 15.5 Å². The van der Waals surface area contributed by atoms with Crippen molar-refractivity contribution in [1.29, 1.82) is 0 Å². The molecule has 0 spiro atoms. The maximum atomic E-state index is 4.59. The highest BCUT2D eigenvalue weighted by molar-refractivity contribution is 5.44. The molecule has 2 unspecified atom stereocenters. The molecule has 2 rings (SSSR count). The third kappa shape index (κ3) is 4.44. The Morgan fingerprint density at radius 1 is 1.10 bits per heavy atom. The lowest BCUT2D eigenvalue weighted by atomic mass is 10.0. The van der Waals surface area contributed by atoms with Crippen LogP contribution in [0.4, 0.5) is 17.8 Å². The van der Waals surface area contributed by atoms with Crippen LogP contribution in [0.25, 0.3) is 0 Å². The second-order valence-corrected chi connectivity index (χ2v) is 6.02. The summed E-state index contributed by atoms with van der Waals surface area (Å²) in [6.45, 7) is 8.76. The molecule has 21 heavy (non-hydrogen) atoms. The van der Waals surface area contributed by atoms with Crippen molar-refractivity contribution in [1.82, 2.24) is 15.0 Å². The first-order chi connectivity index (χ1) is 10.1. The molecule has 2 heterocycles. The maximum absolute atomic E-state index is 4.59. The van der Waals surface area contributed by atoms with E-state index in [1.165, 1.54) is 19.3 Å². The quantitative estimate of drug-likeness (QED) is 0.805. The van der Waals surface area contributed by atoms with E-state index >= 15 is 0 Å². The molecule has 2 N–H and O–H groups in total. The minimum Gasteiger partial charge on any atom is -0.357 e. The molecule has 1 fully saturated rings. The normalized spacial score (nSPS) is 17.6. The zero-order valence-electron chi connectivity index (χ0n) is 13.7. The van der Waals surface area contributed by atoms with Gasteiger partial charge in [-0.2, -0.15) is 15.0 Å². The van der Waals surface area contributed by atoms with Crippen molar-refractivity contribution in [2.75, 3.05) is 35.7 Å². The molecule has 0 bridgehead atoms. The van der Waals surface area contributed by atoms with Crippen LogP contribution in [0, 0.1) is 5.92 Å². The number of nitrogens with one attached hydrogen (secondary N) is 2. The highest BCUT2D eigenvalue weighted by atomic mass is 15.3. The Labute approximate surface area is 127 Å². The van der Waals surface area contributed by atoms with Crippen LogP contribution in [0.15, 0.2) is 0 Å². The summed E-state index contributed by atoms with van der Waals surface area (Å²) in [6, 6.07) is 0.360. The molecule has 1 aliphatic heterocycles. The molecule has 1 aliphatic rings.